The smallest absolute Gasteiger partial charge is 0.259 e. The van der Waals surface area contributed by atoms with Crippen LogP contribution in [-0.2, 0) is 7.05 Å². The number of carbonyl (C=O) groups excluding carboxylic acids is 1. The summed E-state index contributed by atoms with van der Waals surface area (Å²) in [6, 6.07) is 15.4. The molecule has 6 heteroatoms. The van der Waals surface area contributed by atoms with Gasteiger partial charge >= 0.3 is 0 Å². The van der Waals surface area contributed by atoms with Crippen LogP contribution in [0, 0.1) is 13.8 Å². The lowest BCUT2D eigenvalue weighted by Crippen LogP contribution is -2.14. The third kappa shape index (κ3) is 3.89. The maximum atomic E-state index is 12.7. The average molecular weight is 372 g/mol. The SMILES string of the molecule is Cc1nn(C)c(C)c1C(=O)Nc1ccccc1Sc1ccc(Cl)cc1. The molecular weight excluding hydrogens is 354 g/mol. The number of halogens is 1. The van der Waals surface area contributed by atoms with Crippen LogP contribution in [0.2, 0.25) is 5.02 Å². The number of amides is 1. The fourth-order valence-electron chi connectivity index (χ4n) is 2.58. The van der Waals surface area contributed by atoms with Gasteiger partial charge in [0.1, 0.15) is 0 Å². The molecule has 1 amide bonds. The molecule has 0 spiro atoms. The molecule has 0 aliphatic rings. The van der Waals surface area contributed by atoms with E-state index in [4.69, 9.17) is 11.6 Å². The number of benzene rings is 2. The van der Waals surface area contributed by atoms with Crippen molar-refractivity contribution in [2.24, 2.45) is 7.05 Å². The van der Waals surface area contributed by atoms with Gasteiger partial charge in [0, 0.05) is 27.6 Å². The van der Waals surface area contributed by atoms with Gasteiger partial charge in [-0.15, -0.1) is 0 Å². The van der Waals surface area contributed by atoms with Gasteiger partial charge in [-0.3, -0.25) is 9.48 Å². The predicted molar refractivity (Wildman–Crippen MR) is 103 cm³/mol. The van der Waals surface area contributed by atoms with E-state index < -0.39 is 0 Å². The van der Waals surface area contributed by atoms with Crippen LogP contribution in [0.3, 0.4) is 0 Å². The van der Waals surface area contributed by atoms with Crippen molar-refractivity contribution in [2.45, 2.75) is 23.6 Å². The molecule has 0 aliphatic carbocycles. The lowest BCUT2D eigenvalue weighted by Gasteiger charge is -2.11. The molecule has 0 saturated carbocycles. The van der Waals surface area contributed by atoms with Crippen LogP contribution >= 0.6 is 23.4 Å². The number of anilines is 1. The van der Waals surface area contributed by atoms with Crippen molar-refractivity contribution in [1.82, 2.24) is 9.78 Å². The number of para-hydroxylation sites is 1. The fourth-order valence-corrected chi connectivity index (χ4v) is 3.60. The van der Waals surface area contributed by atoms with Crippen molar-refractivity contribution in [1.29, 1.82) is 0 Å². The molecule has 1 N–H and O–H groups in total. The molecule has 128 valence electrons. The maximum absolute atomic E-state index is 12.7. The van der Waals surface area contributed by atoms with Gasteiger partial charge in [-0.05, 0) is 50.2 Å². The van der Waals surface area contributed by atoms with Crippen molar-refractivity contribution < 1.29 is 4.79 Å². The molecule has 0 atom stereocenters. The molecular formula is C19H18ClN3OS. The minimum Gasteiger partial charge on any atom is -0.321 e. The van der Waals surface area contributed by atoms with E-state index in [1.807, 2.05) is 69.4 Å². The lowest BCUT2D eigenvalue weighted by atomic mass is 10.2. The number of nitrogens with zero attached hydrogens (tertiary/aromatic N) is 2. The van der Waals surface area contributed by atoms with E-state index in [1.165, 1.54) is 0 Å². The second-order valence-electron chi connectivity index (χ2n) is 5.68. The first-order valence-electron chi connectivity index (χ1n) is 7.79. The van der Waals surface area contributed by atoms with Gasteiger partial charge in [0.25, 0.3) is 5.91 Å². The first-order chi connectivity index (χ1) is 12.0. The minimum absolute atomic E-state index is 0.146. The van der Waals surface area contributed by atoms with E-state index in [0.29, 0.717) is 10.6 Å². The highest BCUT2D eigenvalue weighted by Crippen LogP contribution is 2.34. The van der Waals surface area contributed by atoms with Crippen LogP contribution in [0.1, 0.15) is 21.7 Å². The van der Waals surface area contributed by atoms with Crippen LogP contribution in [-0.4, -0.2) is 15.7 Å². The number of hydrogen-bond donors (Lipinski definition) is 1. The molecule has 0 bridgehead atoms. The van der Waals surface area contributed by atoms with Gasteiger partial charge in [0.15, 0.2) is 0 Å². The molecule has 25 heavy (non-hydrogen) atoms. The van der Waals surface area contributed by atoms with Crippen LogP contribution in [0.15, 0.2) is 58.3 Å². The Balaban J connectivity index is 1.85. The topological polar surface area (TPSA) is 46.9 Å². The van der Waals surface area contributed by atoms with E-state index in [2.05, 4.69) is 10.4 Å². The lowest BCUT2D eigenvalue weighted by molar-refractivity contribution is 0.102. The zero-order chi connectivity index (χ0) is 18.0. The van der Waals surface area contributed by atoms with Crippen LogP contribution in [0.5, 0.6) is 0 Å². The van der Waals surface area contributed by atoms with Gasteiger partial charge in [-0.2, -0.15) is 5.10 Å². The molecule has 2 aromatic carbocycles. The largest absolute Gasteiger partial charge is 0.321 e. The molecule has 0 aliphatic heterocycles. The Labute approximate surface area is 156 Å². The summed E-state index contributed by atoms with van der Waals surface area (Å²) in [6.07, 6.45) is 0. The van der Waals surface area contributed by atoms with E-state index >= 15 is 0 Å². The average Bonchev–Trinajstić information content (AvgIpc) is 2.84. The Hall–Kier alpha value is -2.24. The highest BCUT2D eigenvalue weighted by atomic mass is 35.5. The Morgan fingerprint density at radius 1 is 1.12 bits per heavy atom. The number of hydrogen-bond acceptors (Lipinski definition) is 3. The first-order valence-corrected chi connectivity index (χ1v) is 8.99. The summed E-state index contributed by atoms with van der Waals surface area (Å²) in [5.41, 5.74) is 2.96. The quantitative estimate of drug-likeness (QED) is 0.694. The Bertz CT molecular complexity index is 919. The molecule has 1 aromatic heterocycles. The normalized spacial score (nSPS) is 10.7. The number of aromatic nitrogens is 2. The third-order valence-electron chi connectivity index (χ3n) is 3.91. The summed E-state index contributed by atoms with van der Waals surface area (Å²) in [5.74, 6) is -0.146. The summed E-state index contributed by atoms with van der Waals surface area (Å²) in [4.78, 5) is 14.8. The van der Waals surface area contributed by atoms with Gasteiger partial charge in [0.05, 0.1) is 16.9 Å². The highest BCUT2D eigenvalue weighted by Gasteiger charge is 2.18. The van der Waals surface area contributed by atoms with Crippen molar-refractivity contribution in [3.05, 3.63) is 70.5 Å². The third-order valence-corrected chi connectivity index (χ3v) is 5.25. The first kappa shape index (κ1) is 17.6. The summed E-state index contributed by atoms with van der Waals surface area (Å²) < 4.78 is 1.72. The Morgan fingerprint density at radius 2 is 1.80 bits per heavy atom. The number of rotatable bonds is 4. The maximum Gasteiger partial charge on any atom is 0.259 e. The monoisotopic (exact) mass is 371 g/mol. The van der Waals surface area contributed by atoms with Gasteiger partial charge in [-0.25, -0.2) is 0 Å². The second-order valence-corrected chi connectivity index (χ2v) is 7.23. The standard InChI is InChI=1S/C19H18ClN3OS/c1-12-18(13(2)23(3)22-12)19(24)21-16-6-4-5-7-17(16)25-15-10-8-14(20)9-11-15/h4-11H,1-3H3,(H,21,24). The molecule has 0 fully saturated rings. The van der Waals surface area contributed by atoms with E-state index in [-0.39, 0.29) is 5.91 Å². The molecule has 0 saturated heterocycles. The number of nitrogens with one attached hydrogen (secondary N) is 1. The second kappa shape index (κ2) is 7.33. The fraction of sp³-hybridized carbons (Fsp3) is 0.158. The van der Waals surface area contributed by atoms with Crippen LogP contribution < -0.4 is 5.32 Å². The van der Waals surface area contributed by atoms with E-state index in [9.17, 15) is 4.79 Å². The van der Waals surface area contributed by atoms with Crippen molar-refractivity contribution in [3.8, 4) is 0 Å². The molecule has 3 rings (SSSR count). The summed E-state index contributed by atoms with van der Waals surface area (Å²) in [6.45, 7) is 3.74. The van der Waals surface area contributed by atoms with E-state index in [0.717, 1.165) is 26.9 Å². The van der Waals surface area contributed by atoms with E-state index in [1.54, 1.807) is 16.4 Å². The molecule has 1 heterocycles. The molecule has 4 nitrogen and oxygen atoms in total. The van der Waals surface area contributed by atoms with Crippen molar-refractivity contribution in [3.63, 3.8) is 0 Å². The van der Waals surface area contributed by atoms with Crippen molar-refractivity contribution >= 4 is 35.0 Å². The Morgan fingerprint density at radius 3 is 2.44 bits per heavy atom. The number of carbonyl (C=O) groups is 1. The van der Waals surface area contributed by atoms with Gasteiger partial charge in [-0.1, -0.05) is 35.5 Å². The zero-order valence-electron chi connectivity index (χ0n) is 14.2. The van der Waals surface area contributed by atoms with Crippen LogP contribution in [0.4, 0.5) is 5.69 Å². The van der Waals surface area contributed by atoms with Crippen molar-refractivity contribution in [2.75, 3.05) is 5.32 Å². The highest BCUT2D eigenvalue weighted by molar-refractivity contribution is 7.99. The summed E-state index contributed by atoms with van der Waals surface area (Å²) >= 11 is 7.52. The zero-order valence-corrected chi connectivity index (χ0v) is 15.8. The predicted octanol–water partition coefficient (Wildman–Crippen LogP) is 5.09. The molecule has 3 aromatic rings. The molecule has 0 unspecified atom stereocenters. The Kier molecular flexibility index (Phi) is 5.16. The minimum atomic E-state index is -0.146. The number of aryl methyl sites for hydroxylation is 2. The van der Waals surface area contributed by atoms with Crippen LogP contribution in [0.25, 0.3) is 0 Å². The molecule has 0 radical (unpaired) electrons. The summed E-state index contributed by atoms with van der Waals surface area (Å²) in [7, 11) is 1.84. The summed E-state index contributed by atoms with van der Waals surface area (Å²) in [5, 5.41) is 8.03. The van der Waals surface area contributed by atoms with Gasteiger partial charge < -0.3 is 5.32 Å². The van der Waals surface area contributed by atoms with Gasteiger partial charge in [0.2, 0.25) is 0 Å².